The number of aromatic hydroxyl groups is 1. The summed E-state index contributed by atoms with van der Waals surface area (Å²) < 4.78 is 1.14. The number of nitro groups is 1. The molecule has 0 atom stereocenters. The Bertz CT molecular complexity index is 1210. The molecule has 0 aliphatic rings. The summed E-state index contributed by atoms with van der Waals surface area (Å²) in [4.78, 5) is 19.3. The number of rotatable bonds is 4. The monoisotopic (exact) mass is 389 g/mol. The van der Waals surface area contributed by atoms with Crippen LogP contribution in [0, 0.1) is 17.0 Å². The van der Waals surface area contributed by atoms with Gasteiger partial charge in [0.1, 0.15) is 5.01 Å². The molecule has 6 nitrogen and oxygen atoms in total. The van der Waals surface area contributed by atoms with Gasteiger partial charge in [-0.05, 0) is 55.0 Å². The third-order valence-corrected chi connectivity index (χ3v) is 5.34. The van der Waals surface area contributed by atoms with Crippen molar-refractivity contribution in [3.8, 4) is 16.3 Å². The van der Waals surface area contributed by atoms with Gasteiger partial charge in [-0.1, -0.05) is 12.1 Å². The number of fused-ring (bicyclic) bond motifs is 1. The number of nitrogens with zero attached hydrogens (tertiary/aromatic N) is 3. The highest BCUT2D eigenvalue weighted by atomic mass is 32.1. The number of benzene rings is 3. The smallest absolute Gasteiger partial charge is 0.311 e. The van der Waals surface area contributed by atoms with Crippen molar-refractivity contribution in [1.82, 2.24) is 4.98 Å². The molecule has 0 fully saturated rings. The maximum atomic E-state index is 10.9. The maximum Gasteiger partial charge on any atom is 0.311 e. The molecule has 0 saturated heterocycles. The average Bonchev–Trinajstić information content (AvgIpc) is 3.10. The lowest BCUT2D eigenvalue weighted by Gasteiger charge is -2.00. The largest absolute Gasteiger partial charge is 0.502 e. The maximum absolute atomic E-state index is 10.9. The first-order chi connectivity index (χ1) is 13.5. The van der Waals surface area contributed by atoms with Crippen LogP contribution in [0.3, 0.4) is 0 Å². The van der Waals surface area contributed by atoms with Gasteiger partial charge in [-0.15, -0.1) is 11.3 Å². The number of aromatic nitrogens is 1. The molecule has 7 heteroatoms. The second-order valence-electron chi connectivity index (χ2n) is 6.27. The molecule has 4 aromatic rings. The van der Waals surface area contributed by atoms with Crippen LogP contribution < -0.4 is 0 Å². The Kier molecular flexibility index (Phi) is 4.58. The van der Waals surface area contributed by atoms with Crippen molar-refractivity contribution in [2.24, 2.45) is 4.99 Å². The molecule has 28 heavy (non-hydrogen) atoms. The zero-order valence-corrected chi connectivity index (χ0v) is 15.7. The zero-order valence-electron chi connectivity index (χ0n) is 14.9. The van der Waals surface area contributed by atoms with Crippen molar-refractivity contribution in [2.45, 2.75) is 6.92 Å². The summed E-state index contributed by atoms with van der Waals surface area (Å²) in [5.41, 5.74) is 3.79. The van der Waals surface area contributed by atoms with Crippen molar-refractivity contribution in [1.29, 1.82) is 0 Å². The summed E-state index contributed by atoms with van der Waals surface area (Å²) in [7, 11) is 0. The fraction of sp³-hybridized carbons (Fsp3) is 0.0476. The highest BCUT2D eigenvalue weighted by Crippen LogP contribution is 2.32. The topological polar surface area (TPSA) is 88.6 Å². The molecular formula is C21H15N3O3S. The van der Waals surface area contributed by atoms with E-state index in [9.17, 15) is 15.2 Å². The first-order valence-corrected chi connectivity index (χ1v) is 9.31. The van der Waals surface area contributed by atoms with E-state index in [1.807, 2.05) is 31.2 Å². The van der Waals surface area contributed by atoms with Gasteiger partial charge in [-0.2, -0.15) is 0 Å². The van der Waals surface area contributed by atoms with Gasteiger partial charge < -0.3 is 5.11 Å². The molecule has 138 valence electrons. The average molecular weight is 389 g/mol. The second kappa shape index (κ2) is 7.21. The normalized spacial score (nSPS) is 11.3. The minimum Gasteiger partial charge on any atom is -0.502 e. The summed E-state index contributed by atoms with van der Waals surface area (Å²) in [6.45, 7) is 2.05. The van der Waals surface area contributed by atoms with Crippen LogP contribution in [0.1, 0.15) is 11.1 Å². The van der Waals surface area contributed by atoms with Crippen molar-refractivity contribution in [3.05, 3.63) is 81.9 Å². The van der Waals surface area contributed by atoms with Crippen LogP contribution in [-0.4, -0.2) is 21.2 Å². The number of thiazole rings is 1. The standard InChI is InChI=1S/C21H15N3O3S/c1-13-5-10-19-17(11-13)23-21(28-19)14-6-8-16(9-7-14)22-12-15-3-2-4-18(20(15)25)24(26)27/h2-12,25H,1H3. The second-order valence-corrected chi connectivity index (χ2v) is 7.30. The van der Waals surface area contributed by atoms with Gasteiger partial charge in [-0.25, -0.2) is 4.98 Å². The molecule has 0 amide bonds. The fourth-order valence-electron chi connectivity index (χ4n) is 2.80. The first kappa shape index (κ1) is 17.8. The Morgan fingerprint density at radius 1 is 1.14 bits per heavy atom. The van der Waals surface area contributed by atoms with E-state index in [4.69, 9.17) is 0 Å². The number of hydrogen-bond acceptors (Lipinski definition) is 6. The van der Waals surface area contributed by atoms with Crippen LogP contribution in [0.25, 0.3) is 20.8 Å². The van der Waals surface area contributed by atoms with Crippen molar-refractivity contribution >= 4 is 39.1 Å². The number of phenolic OH excluding ortho intramolecular Hbond substituents is 1. The summed E-state index contributed by atoms with van der Waals surface area (Å²) in [5.74, 6) is -0.391. The summed E-state index contributed by atoms with van der Waals surface area (Å²) in [5, 5.41) is 21.8. The summed E-state index contributed by atoms with van der Waals surface area (Å²) in [6, 6.07) is 18.1. The Labute approximate surface area is 164 Å². The lowest BCUT2D eigenvalue weighted by molar-refractivity contribution is -0.385. The quantitative estimate of drug-likeness (QED) is 0.278. The predicted octanol–water partition coefficient (Wildman–Crippen LogP) is 5.64. The number of aliphatic imine (C=N–C) groups is 1. The molecule has 0 aliphatic heterocycles. The van der Waals surface area contributed by atoms with E-state index >= 15 is 0 Å². The van der Waals surface area contributed by atoms with Crippen LogP contribution in [0.5, 0.6) is 5.75 Å². The summed E-state index contributed by atoms with van der Waals surface area (Å²) in [6.07, 6.45) is 1.41. The molecule has 0 aliphatic carbocycles. The van der Waals surface area contributed by atoms with E-state index in [1.54, 1.807) is 17.4 Å². The highest BCUT2D eigenvalue weighted by Gasteiger charge is 2.15. The number of phenols is 1. The minimum absolute atomic E-state index is 0.291. The van der Waals surface area contributed by atoms with Crippen molar-refractivity contribution < 1.29 is 10.0 Å². The van der Waals surface area contributed by atoms with E-state index in [0.29, 0.717) is 11.3 Å². The lowest BCUT2D eigenvalue weighted by atomic mass is 10.2. The molecule has 4 rings (SSSR count). The van der Waals surface area contributed by atoms with E-state index in [0.717, 1.165) is 20.8 Å². The molecule has 1 N–H and O–H groups in total. The van der Waals surface area contributed by atoms with Gasteiger partial charge in [0.2, 0.25) is 5.75 Å². The van der Waals surface area contributed by atoms with Crippen LogP contribution in [-0.2, 0) is 0 Å². The van der Waals surface area contributed by atoms with Crippen LogP contribution in [0.15, 0.2) is 65.7 Å². The molecule has 0 unspecified atom stereocenters. The molecule has 0 bridgehead atoms. The van der Waals surface area contributed by atoms with Gasteiger partial charge in [0.05, 0.1) is 20.8 Å². The van der Waals surface area contributed by atoms with Crippen LogP contribution in [0.2, 0.25) is 0 Å². The lowest BCUT2D eigenvalue weighted by Crippen LogP contribution is -1.91. The fourth-order valence-corrected chi connectivity index (χ4v) is 3.75. The molecule has 0 saturated carbocycles. The van der Waals surface area contributed by atoms with Gasteiger partial charge in [0.15, 0.2) is 0 Å². The summed E-state index contributed by atoms with van der Waals surface area (Å²) >= 11 is 1.63. The SMILES string of the molecule is Cc1ccc2sc(-c3ccc(N=Cc4cccc([N+](=O)[O-])c4O)cc3)nc2c1. The van der Waals surface area contributed by atoms with Crippen molar-refractivity contribution in [3.63, 3.8) is 0 Å². The predicted molar refractivity (Wildman–Crippen MR) is 112 cm³/mol. The zero-order chi connectivity index (χ0) is 19.7. The van der Waals surface area contributed by atoms with Gasteiger partial charge in [-0.3, -0.25) is 15.1 Å². The Morgan fingerprint density at radius 2 is 1.93 bits per heavy atom. The number of para-hydroxylation sites is 1. The van der Waals surface area contributed by atoms with Crippen molar-refractivity contribution in [2.75, 3.05) is 0 Å². The van der Waals surface area contributed by atoms with E-state index in [2.05, 4.69) is 28.2 Å². The Hall–Kier alpha value is -3.58. The Morgan fingerprint density at radius 3 is 2.68 bits per heavy atom. The highest BCUT2D eigenvalue weighted by molar-refractivity contribution is 7.21. The van der Waals surface area contributed by atoms with Crippen LogP contribution in [0.4, 0.5) is 11.4 Å². The molecule has 1 heterocycles. The molecule has 3 aromatic carbocycles. The van der Waals surface area contributed by atoms with E-state index < -0.39 is 10.7 Å². The van der Waals surface area contributed by atoms with Gasteiger partial charge >= 0.3 is 5.69 Å². The first-order valence-electron chi connectivity index (χ1n) is 8.49. The molecule has 0 radical (unpaired) electrons. The number of aryl methyl sites for hydroxylation is 1. The number of hydrogen-bond donors (Lipinski definition) is 1. The van der Waals surface area contributed by atoms with Gasteiger partial charge in [0, 0.05) is 23.4 Å². The Balaban J connectivity index is 1.59. The molecular weight excluding hydrogens is 374 g/mol. The number of nitro benzene ring substituents is 1. The van der Waals surface area contributed by atoms with E-state index in [-0.39, 0.29) is 5.69 Å². The molecule has 1 aromatic heterocycles. The third kappa shape index (κ3) is 3.47. The minimum atomic E-state index is -0.624. The van der Waals surface area contributed by atoms with Gasteiger partial charge in [0.25, 0.3) is 0 Å². The van der Waals surface area contributed by atoms with E-state index in [1.165, 1.54) is 23.9 Å². The molecule has 0 spiro atoms. The third-order valence-electron chi connectivity index (χ3n) is 4.25. The van der Waals surface area contributed by atoms with Crippen LogP contribution >= 0.6 is 11.3 Å².